The Kier molecular flexibility index (Phi) is 4.35. The first kappa shape index (κ1) is 13.8. The third-order valence-electron chi connectivity index (χ3n) is 3.08. The molecular formula is C15H17NO2S. The second kappa shape index (κ2) is 5.99. The van der Waals surface area contributed by atoms with E-state index >= 15 is 0 Å². The Morgan fingerprint density at radius 1 is 0.895 bits per heavy atom. The van der Waals surface area contributed by atoms with Gasteiger partial charge in [-0.05, 0) is 17.7 Å². The number of sulfone groups is 1. The topological polar surface area (TPSA) is 60.2 Å². The lowest BCUT2D eigenvalue weighted by atomic mass is 10.0. The molecule has 0 saturated heterocycles. The minimum atomic E-state index is -3.30. The molecular weight excluding hydrogens is 258 g/mol. The standard InChI is InChI=1S/C15H17NO2S/c16-11-14(13-7-3-1-4-8-13)12-19(17,18)15-9-5-2-6-10-15/h1-10,14H,11-12,16H2. The summed E-state index contributed by atoms with van der Waals surface area (Å²) in [7, 11) is -3.30. The molecule has 0 heterocycles. The third kappa shape index (κ3) is 3.43. The highest BCUT2D eigenvalue weighted by atomic mass is 32.2. The molecule has 0 aliphatic heterocycles. The van der Waals surface area contributed by atoms with Crippen molar-refractivity contribution >= 4 is 9.84 Å². The van der Waals surface area contributed by atoms with E-state index in [2.05, 4.69) is 0 Å². The van der Waals surface area contributed by atoms with Gasteiger partial charge in [-0.3, -0.25) is 0 Å². The zero-order valence-corrected chi connectivity index (χ0v) is 11.4. The van der Waals surface area contributed by atoms with Gasteiger partial charge in [-0.15, -0.1) is 0 Å². The van der Waals surface area contributed by atoms with E-state index in [1.54, 1.807) is 30.3 Å². The molecule has 3 nitrogen and oxygen atoms in total. The molecule has 4 heteroatoms. The molecule has 1 unspecified atom stereocenters. The summed E-state index contributed by atoms with van der Waals surface area (Å²) in [6.45, 7) is 0.316. The summed E-state index contributed by atoms with van der Waals surface area (Å²) in [6.07, 6.45) is 0. The molecule has 1 atom stereocenters. The Hall–Kier alpha value is -1.65. The van der Waals surface area contributed by atoms with Gasteiger partial charge in [-0.25, -0.2) is 8.42 Å². The van der Waals surface area contributed by atoms with Crippen molar-refractivity contribution in [3.8, 4) is 0 Å². The Labute approximate surface area is 114 Å². The van der Waals surface area contributed by atoms with Crippen LogP contribution in [0, 0.1) is 0 Å². The van der Waals surface area contributed by atoms with Gasteiger partial charge in [0.25, 0.3) is 0 Å². The smallest absolute Gasteiger partial charge is 0.179 e. The average molecular weight is 275 g/mol. The summed E-state index contributed by atoms with van der Waals surface area (Å²) in [5, 5.41) is 0. The van der Waals surface area contributed by atoms with Crippen LogP contribution in [0.2, 0.25) is 0 Å². The Bertz CT molecular complexity index is 609. The minimum Gasteiger partial charge on any atom is -0.330 e. The van der Waals surface area contributed by atoms with Crippen LogP contribution in [0.4, 0.5) is 0 Å². The third-order valence-corrected chi connectivity index (χ3v) is 4.91. The van der Waals surface area contributed by atoms with Crippen LogP contribution in [-0.2, 0) is 9.84 Å². The first-order valence-corrected chi connectivity index (χ1v) is 7.81. The van der Waals surface area contributed by atoms with E-state index in [-0.39, 0.29) is 11.7 Å². The van der Waals surface area contributed by atoms with Crippen molar-refractivity contribution in [3.05, 3.63) is 66.2 Å². The van der Waals surface area contributed by atoms with Crippen molar-refractivity contribution in [2.24, 2.45) is 5.73 Å². The number of hydrogen-bond acceptors (Lipinski definition) is 3. The van der Waals surface area contributed by atoms with Crippen molar-refractivity contribution in [1.82, 2.24) is 0 Å². The largest absolute Gasteiger partial charge is 0.330 e. The van der Waals surface area contributed by atoms with Crippen LogP contribution in [0.3, 0.4) is 0 Å². The summed E-state index contributed by atoms with van der Waals surface area (Å²) in [6, 6.07) is 18.0. The molecule has 19 heavy (non-hydrogen) atoms. The molecule has 100 valence electrons. The molecule has 2 N–H and O–H groups in total. The van der Waals surface area contributed by atoms with Gasteiger partial charge in [0.2, 0.25) is 0 Å². The maximum atomic E-state index is 12.3. The fraction of sp³-hybridized carbons (Fsp3) is 0.200. The van der Waals surface area contributed by atoms with Gasteiger partial charge in [-0.1, -0.05) is 48.5 Å². The summed E-state index contributed by atoms with van der Waals surface area (Å²) < 4.78 is 24.6. The van der Waals surface area contributed by atoms with Crippen molar-refractivity contribution in [2.75, 3.05) is 12.3 Å². The van der Waals surface area contributed by atoms with Crippen molar-refractivity contribution in [2.45, 2.75) is 10.8 Å². The van der Waals surface area contributed by atoms with Gasteiger partial charge in [0.05, 0.1) is 10.6 Å². The van der Waals surface area contributed by atoms with E-state index in [0.29, 0.717) is 11.4 Å². The second-order valence-corrected chi connectivity index (χ2v) is 6.47. The molecule has 2 aromatic carbocycles. The van der Waals surface area contributed by atoms with Crippen LogP contribution < -0.4 is 5.73 Å². The van der Waals surface area contributed by atoms with Gasteiger partial charge >= 0.3 is 0 Å². The maximum absolute atomic E-state index is 12.3. The molecule has 0 amide bonds. The highest BCUT2D eigenvalue weighted by molar-refractivity contribution is 7.91. The predicted octanol–water partition coefficient (Wildman–Crippen LogP) is 2.20. The van der Waals surface area contributed by atoms with Crippen LogP contribution in [0.1, 0.15) is 11.5 Å². The molecule has 0 aliphatic rings. The van der Waals surface area contributed by atoms with E-state index in [0.717, 1.165) is 5.56 Å². The highest BCUT2D eigenvalue weighted by Gasteiger charge is 2.21. The zero-order chi connectivity index (χ0) is 13.7. The molecule has 2 rings (SSSR count). The lowest BCUT2D eigenvalue weighted by Crippen LogP contribution is -2.22. The van der Waals surface area contributed by atoms with Crippen LogP contribution in [-0.4, -0.2) is 20.7 Å². The summed E-state index contributed by atoms with van der Waals surface area (Å²) in [4.78, 5) is 0.351. The summed E-state index contributed by atoms with van der Waals surface area (Å²) in [5.41, 5.74) is 6.69. The van der Waals surface area contributed by atoms with E-state index in [9.17, 15) is 8.42 Å². The number of nitrogens with two attached hydrogens (primary N) is 1. The lowest BCUT2D eigenvalue weighted by Gasteiger charge is -2.15. The van der Waals surface area contributed by atoms with Gasteiger partial charge < -0.3 is 5.73 Å². The van der Waals surface area contributed by atoms with E-state index in [1.165, 1.54) is 0 Å². The van der Waals surface area contributed by atoms with E-state index in [4.69, 9.17) is 5.73 Å². The fourth-order valence-electron chi connectivity index (χ4n) is 2.01. The van der Waals surface area contributed by atoms with Gasteiger partial charge in [0.15, 0.2) is 9.84 Å². The number of hydrogen-bond donors (Lipinski definition) is 1. The molecule has 0 saturated carbocycles. The molecule has 2 aromatic rings. The number of benzene rings is 2. The van der Waals surface area contributed by atoms with Gasteiger partial charge in [0, 0.05) is 12.5 Å². The van der Waals surface area contributed by atoms with Crippen molar-refractivity contribution < 1.29 is 8.42 Å². The molecule has 0 radical (unpaired) electrons. The molecule has 0 fully saturated rings. The SMILES string of the molecule is NCC(CS(=O)(=O)c1ccccc1)c1ccccc1. The van der Waals surface area contributed by atoms with Crippen molar-refractivity contribution in [1.29, 1.82) is 0 Å². The predicted molar refractivity (Wildman–Crippen MR) is 76.7 cm³/mol. The first-order valence-electron chi connectivity index (χ1n) is 6.16. The lowest BCUT2D eigenvalue weighted by molar-refractivity contribution is 0.587. The zero-order valence-electron chi connectivity index (χ0n) is 10.6. The molecule has 0 spiro atoms. The maximum Gasteiger partial charge on any atom is 0.179 e. The second-order valence-electron chi connectivity index (χ2n) is 4.44. The molecule has 0 bridgehead atoms. The Balaban J connectivity index is 2.24. The fourth-order valence-corrected chi connectivity index (χ4v) is 3.64. The average Bonchev–Trinajstić information content (AvgIpc) is 2.47. The Morgan fingerprint density at radius 2 is 1.42 bits per heavy atom. The van der Waals surface area contributed by atoms with E-state index in [1.807, 2.05) is 30.3 Å². The quantitative estimate of drug-likeness (QED) is 0.910. The summed E-state index contributed by atoms with van der Waals surface area (Å²) in [5.74, 6) is -0.135. The van der Waals surface area contributed by atoms with Crippen molar-refractivity contribution in [3.63, 3.8) is 0 Å². The number of rotatable bonds is 5. The first-order chi connectivity index (χ1) is 9.13. The van der Waals surface area contributed by atoms with Crippen LogP contribution in [0.15, 0.2) is 65.6 Å². The summed E-state index contributed by atoms with van der Waals surface area (Å²) >= 11 is 0. The monoisotopic (exact) mass is 275 g/mol. The highest BCUT2D eigenvalue weighted by Crippen LogP contribution is 2.20. The van der Waals surface area contributed by atoms with Crippen LogP contribution in [0.25, 0.3) is 0 Å². The van der Waals surface area contributed by atoms with E-state index < -0.39 is 9.84 Å². The normalized spacial score (nSPS) is 13.1. The van der Waals surface area contributed by atoms with Gasteiger partial charge in [-0.2, -0.15) is 0 Å². The van der Waals surface area contributed by atoms with Gasteiger partial charge in [0.1, 0.15) is 0 Å². The Morgan fingerprint density at radius 3 is 1.95 bits per heavy atom. The molecule has 0 aromatic heterocycles. The minimum absolute atomic E-state index is 0.0392. The van der Waals surface area contributed by atoms with Crippen LogP contribution >= 0.6 is 0 Å². The molecule has 0 aliphatic carbocycles. The van der Waals surface area contributed by atoms with Crippen LogP contribution in [0.5, 0.6) is 0 Å².